The fourth-order valence-electron chi connectivity index (χ4n) is 5.65. The molecule has 2 fully saturated rings. The summed E-state index contributed by atoms with van der Waals surface area (Å²) in [7, 11) is 0. The Labute approximate surface area is 184 Å². The van der Waals surface area contributed by atoms with E-state index in [-0.39, 0.29) is 41.0 Å². The summed E-state index contributed by atoms with van der Waals surface area (Å²) in [6, 6.07) is 14.1. The van der Waals surface area contributed by atoms with Gasteiger partial charge in [-0.05, 0) is 48.9 Å². The minimum Gasteiger partial charge on any atom is -0.478 e. The van der Waals surface area contributed by atoms with Crippen molar-refractivity contribution in [1.82, 2.24) is 4.98 Å². The third-order valence-corrected chi connectivity index (χ3v) is 7.16. The van der Waals surface area contributed by atoms with Gasteiger partial charge in [-0.25, -0.2) is 9.78 Å². The third-order valence-electron chi connectivity index (χ3n) is 7.16. The van der Waals surface area contributed by atoms with Gasteiger partial charge in [0.1, 0.15) is 0 Å². The molecule has 6 rings (SSSR count). The lowest BCUT2D eigenvalue weighted by atomic mass is 9.85. The Hall–Kier alpha value is -3.80. The minimum absolute atomic E-state index is 0.114. The first-order chi connectivity index (χ1) is 15.4. The lowest BCUT2D eigenvalue weighted by Gasteiger charge is -2.17. The van der Waals surface area contributed by atoms with E-state index in [9.17, 15) is 19.5 Å². The van der Waals surface area contributed by atoms with Crippen LogP contribution in [0.15, 0.2) is 60.7 Å². The zero-order chi connectivity index (χ0) is 22.1. The molecule has 32 heavy (non-hydrogen) atoms. The molecule has 2 aromatic carbocycles. The number of allylic oxidation sites excluding steroid dienone is 2. The van der Waals surface area contributed by atoms with Crippen molar-refractivity contribution in [3.05, 3.63) is 71.8 Å². The summed E-state index contributed by atoms with van der Waals surface area (Å²) in [5.41, 5.74) is 3.54. The Morgan fingerprint density at radius 2 is 1.66 bits per heavy atom. The number of hydrogen-bond acceptors (Lipinski definition) is 4. The van der Waals surface area contributed by atoms with Gasteiger partial charge in [0.05, 0.1) is 34.3 Å². The van der Waals surface area contributed by atoms with Gasteiger partial charge in [-0.3, -0.25) is 14.5 Å². The van der Waals surface area contributed by atoms with Crippen LogP contribution in [0.25, 0.3) is 22.2 Å². The van der Waals surface area contributed by atoms with E-state index in [0.717, 1.165) is 17.5 Å². The first-order valence-corrected chi connectivity index (χ1v) is 10.7. The predicted molar refractivity (Wildman–Crippen MR) is 119 cm³/mol. The number of carboxylic acid groups (broad SMARTS) is 1. The second-order valence-corrected chi connectivity index (χ2v) is 8.89. The molecule has 6 nitrogen and oxygen atoms in total. The Bertz CT molecular complexity index is 1330. The van der Waals surface area contributed by atoms with Gasteiger partial charge in [-0.1, -0.05) is 42.5 Å². The van der Waals surface area contributed by atoms with E-state index in [1.54, 1.807) is 36.4 Å². The average molecular weight is 424 g/mol. The molecule has 2 aliphatic carbocycles. The fourth-order valence-corrected chi connectivity index (χ4v) is 5.65. The van der Waals surface area contributed by atoms with E-state index in [1.807, 2.05) is 19.1 Å². The highest BCUT2D eigenvalue weighted by Gasteiger charge is 2.59. The van der Waals surface area contributed by atoms with Crippen molar-refractivity contribution in [2.24, 2.45) is 23.7 Å². The smallest absolute Gasteiger partial charge is 0.336 e. The third kappa shape index (κ3) is 2.52. The molecule has 4 atom stereocenters. The highest BCUT2D eigenvalue weighted by molar-refractivity contribution is 6.22. The number of fused-ring (bicyclic) bond motifs is 6. The number of aryl methyl sites for hydroxylation is 1. The van der Waals surface area contributed by atoms with Crippen LogP contribution in [0.1, 0.15) is 22.3 Å². The largest absolute Gasteiger partial charge is 0.478 e. The molecular formula is C26H20N2O4. The van der Waals surface area contributed by atoms with Crippen molar-refractivity contribution in [1.29, 1.82) is 0 Å². The van der Waals surface area contributed by atoms with E-state index in [2.05, 4.69) is 12.2 Å². The van der Waals surface area contributed by atoms with E-state index in [0.29, 0.717) is 22.3 Å². The van der Waals surface area contributed by atoms with Crippen molar-refractivity contribution in [3.63, 3.8) is 0 Å². The molecule has 1 saturated heterocycles. The van der Waals surface area contributed by atoms with Gasteiger partial charge in [-0.2, -0.15) is 0 Å². The Morgan fingerprint density at radius 1 is 1.00 bits per heavy atom. The van der Waals surface area contributed by atoms with Crippen molar-refractivity contribution in [2.75, 3.05) is 4.90 Å². The lowest BCUT2D eigenvalue weighted by molar-refractivity contribution is -0.123. The molecule has 1 N–H and O–H groups in total. The van der Waals surface area contributed by atoms with Crippen molar-refractivity contribution >= 4 is 34.4 Å². The van der Waals surface area contributed by atoms with Crippen LogP contribution < -0.4 is 4.90 Å². The summed E-state index contributed by atoms with van der Waals surface area (Å²) in [6.07, 6.45) is 5.06. The SMILES string of the molecule is Cc1cccc2c(C(=O)O)cc(-c3ccc(N4C(=O)[C@H]5[C@H](C4=O)[C@H]4C=C[C@H]5C4)cc3)nc12. The molecule has 3 aromatic rings. The van der Waals surface area contributed by atoms with Crippen LogP contribution in [0.2, 0.25) is 0 Å². The second-order valence-electron chi connectivity index (χ2n) is 8.89. The highest BCUT2D eigenvalue weighted by atomic mass is 16.4. The number of aromatic nitrogens is 1. The molecule has 1 aromatic heterocycles. The van der Waals surface area contributed by atoms with Crippen molar-refractivity contribution in [3.8, 4) is 11.3 Å². The van der Waals surface area contributed by atoms with Crippen molar-refractivity contribution in [2.45, 2.75) is 13.3 Å². The summed E-state index contributed by atoms with van der Waals surface area (Å²) in [6.45, 7) is 1.90. The van der Waals surface area contributed by atoms with E-state index in [1.165, 1.54) is 4.90 Å². The Balaban J connectivity index is 1.38. The van der Waals surface area contributed by atoms with Crippen LogP contribution >= 0.6 is 0 Å². The molecule has 2 amide bonds. The molecule has 2 bridgehead atoms. The zero-order valence-electron chi connectivity index (χ0n) is 17.4. The first kappa shape index (κ1) is 18.9. The van der Waals surface area contributed by atoms with Gasteiger partial charge in [0.2, 0.25) is 11.8 Å². The van der Waals surface area contributed by atoms with E-state index >= 15 is 0 Å². The minimum atomic E-state index is -1.01. The van der Waals surface area contributed by atoms with Crippen LogP contribution in [0.3, 0.4) is 0 Å². The number of imide groups is 1. The van der Waals surface area contributed by atoms with E-state index in [4.69, 9.17) is 4.98 Å². The number of hydrogen-bond donors (Lipinski definition) is 1. The number of carbonyl (C=O) groups is 3. The molecule has 0 spiro atoms. The summed E-state index contributed by atoms with van der Waals surface area (Å²) >= 11 is 0. The molecule has 6 heteroatoms. The van der Waals surface area contributed by atoms with Gasteiger partial charge < -0.3 is 5.11 Å². The molecule has 3 aliphatic rings. The number of rotatable bonds is 3. The number of carboxylic acids is 1. The number of amides is 2. The molecule has 0 unspecified atom stereocenters. The van der Waals surface area contributed by atoms with Crippen LogP contribution in [0.4, 0.5) is 5.69 Å². The monoisotopic (exact) mass is 424 g/mol. The number of anilines is 1. The highest BCUT2D eigenvalue weighted by Crippen LogP contribution is 2.53. The molecule has 2 heterocycles. The lowest BCUT2D eigenvalue weighted by Crippen LogP contribution is -2.32. The molecule has 1 aliphatic heterocycles. The normalized spacial score (nSPS) is 25.7. The van der Waals surface area contributed by atoms with Gasteiger partial charge >= 0.3 is 5.97 Å². The van der Waals surface area contributed by atoms with Crippen LogP contribution in [0.5, 0.6) is 0 Å². The van der Waals surface area contributed by atoms with Gasteiger partial charge in [0.15, 0.2) is 0 Å². The quantitative estimate of drug-likeness (QED) is 0.502. The van der Waals surface area contributed by atoms with Gasteiger partial charge in [0.25, 0.3) is 0 Å². The molecule has 1 saturated carbocycles. The second kappa shape index (κ2) is 6.60. The molecule has 158 valence electrons. The zero-order valence-corrected chi connectivity index (χ0v) is 17.4. The molecular weight excluding hydrogens is 404 g/mol. The van der Waals surface area contributed by atoms with E-state index < -0.39 is 5.97 Å². The molecule has 0 radical (unpaired) electrons. The van der Waals surface area contributed by atoms with Crippen LogP contribution in [0, 0.1) is 30.6 Å². The van der Waals surface area contributed by atoms with Crippen LogP contribution in [-0.2, 0) is 9.59 Å². The van der Waals surface area contributed by atoms with Crippen LogP contribution in [-0.4, -0.2) is 27.9 Å². The summed E-state index contributed by atoms with van der Waals surface area (Å²) in [5.74, 6) is -1.37. The maximum Gasteiger partial charge on any atom is 0.336 e. The maximum absolute atomic E-state index is 13.0. The first-order valence-electron chi connectivity index (χ1n) is 10.7. The van der Waals surface area contributed by atoms with Gasteiger partial charge in [-0.15, -0.1) is 0 Å². The number of para-hydroxylation sites is 1. The van der Waals surface area contributed by atoms with Crippen molar-refractivity contribution < 1.29 is 19.5 Å². The average Bonchev–Trinajstić information content (AvgIpc) is 3.47. The number of nitrogens with zero attached hydrogens (tertiary/aromatic N) is 2. The summed E-state index contributed by atoms with van der Waals surface area (Å²) in [5, 5.41) is 10.3. The Morgan fingerprint density at radius 3 is 2.28 bits per heavy atom. The number of pyridine rings is 1. The fraction of sp³-hybridized carbons (Fsp3) is 0.231. The number of benzene rings is 2. The predicted octanol–water partition coefficient (Wildman–Crippen LogP) is 4.22. The van der Waals surface area contributed by atoms with Gasteiger partial charge in [0, 0.05) is 10.9 Å². The topological polar surface area (TPSA) is 87.6 Å². The summed E-state index contributed by atoms with van der Waals surface area (Å²) in [4.78, 5) is 44.0. The Kier molecular flexibility index (Phi) is 3.90. The maximum atomic E-state index is 13.0. The number of aromatic carboxylic acids is 1. The number of carbonyl (C=O) groups excluding carboxylic acids is 2. The summed E-state index contributed by atoms with van der Waals surface area (Å²) < 4.78 is 0. The standard InChI is InChI=1S/C26H20N2O4/c1-13-3-2-4-18-19(26(31)32)12-20(27-23(13)18)14-7-9-17(10-8-14)28-24(29)21-15-5-6-16(11-15)22(21)25(28)30/h2-10,12,15-16,21-22H,11H2,1H3,(H,31,32)/t15-,16-,21+,22+/m0/s1.